The largest absolute Gasteiger partial charge is 0.508 e. The normalized spacial score (nSPS) is 12.3. The number of hydrogen-bond acceptors (Lipinski definition) is 5. The Morgan fingerprint density at radius 3 is 2.08 bits per heavy atom. The molecule has 0 radical (unpaired) electrons. The number of aromatic hydroxyl groups is 1. The summed E-state index contributed by atoms with van der Waals surface area (Å²) in [6, 6.07) is 14.6. The molecule has 3 rings (SSSR count). The van der Waals surface area contributed by atoms with Crippen molar-refractivity contribution in [2.24, 2.45) is 10.2 Å². The van der Waals surface area contributed by atoms with Crippen LogP contribution < -0.4 is 0 Å². The molecule has 0 amide bonds. The first-order valence-corrected chi connectivity index (χ1v) is 9.44. The zero-order valence-electron chi connectivity index (χ0n) is 14.3. The van der Waals surface area contributed by atoms with Gasteiger partial charge in [0.05, 0.1) is 16.3 Å². The molecule has 3 aromatic carbocycles. The predicted octanol–water partition coefficient (Wildman–Crippen LogP) is 5.33. The van der Waals surface area contributed by atoms with Crippen LogP contribution >= 0.6 is 0 Å². The van der Waals surface area contributed by atoms with Gasteiger partial charge in [0.2, 0.25) is 0 Å². The predicted molar refractivity (Wildman–Crippen MR) is 100 cm³/mol. The fraction of sp³-hybridized carbons (Fsp3) is 0.158. The van der Waals surface area contributed by atoms with Crippen molar-refractivity contribution < 1.29 is 18.1 Å². The highest BCUT2D eigenvalue weighted by molar-refractivity contribution is 7.85. The van der Waals surface area contributed by atoms with Gasteiger partial charge in [-0.2, -0.15) is 18.6 Å². The summed E-state index contributed by atoms with van der Waals surface area (Å²) in [4.78, 5) is -0.148. The molecule has 0 bridgehead atoms. The third-order valence-electron chi connectivity index (χ3n) is 4.01. The lowest BCUT2D eigenvalue weighted by Crippen LogP contribution is -1.97. The lowest BCUT2D eigenvalue weighted by atomic mass is 10.0. The van der Waals surface area contributed by atoms with Gasteiger partial charge in [0.1, 0.15) is 5.75 Å². The highest BCUT2D eigenvalue weighted by atomic mass is 32.2. The second kappa shape index (κ2) is 6.86. The fourth-order valence-electron chi connectivity index (χ4n) is 2.62. The zero-order chi connectivity index (χ0) is 18.9. The van der Waals surface area contributed by atoms with Crippen molar-refractivity contribution in [3.05, 3.63) is 60.2 Å². The molecule has 0 unspecified atom stereocenters. The molecule has 2 N–H and O–H groups in total. The third kappa shape index (κ3) is 3.89. The first-order valence-electron chi connectivity index (χ1n) is 8.00. The van der Waals surface area contributed by atoms with Crippen molar-refractivity contribution >= 4 is 32.3 Å². The minimum atomic E-state index is -4.23. The van der Waals surface area contributed by atoms with Crippen molar-refractivity contribution in [3.63, 3.8) is 0 Å². The van der Waals surface area contributed by atoms with Gasteiger partial charge in [-0.05, 0) is 64.7 Å². The van der Waals surface area contributed by atoms with Gasteiger partial charge in [0.15, 0.2) is 0 Å². The maximum atomic E-state index is 11.2. The number of benzene rings is 3. The summed E-state index contributed by atoms with van der Waals surface area (Å²) < 4.78 is 31.5. The van der Waals surface area contributed by atoms with E-state index in [4.69, 9.17) is 4.55 Å². The van der Waals surface area contributed by atoms with Crippen molar-refractivity contribution in [1.29, 1.82) is 0 Å². The SMILES string of the molecule is CC(C)c1cc(N=Nc2ccc3cc(S(=O)(=O)O)ccc3c2)ccc1O. The number of fused-ring (bicyclic) bond motifs is 1. The van der Waals surface area contributed by atoms with E-state index in [1.807, 2.05) is 13.8 Å². The molecule has 7 heteroatoms. The van der Waals surface area contributed by atoms with E-state index in [1.54, 1.807) is 42.5 Å². The lowest BCUT2D eigenvalue weighted by Gasteiger charge is -2.08. The number of hydrogen-bond donors (Lipinski definition) is 2. The van der Waals surface area contributed by atoms with Crippen molar-refractivity contribution in [2.75, 3.05) is 0 Å². The van der Waals surface area contributed by atoms with Crippen molar-refractivity contribution in [3.8, 4) is 5.75 Å². The lowest BCUT2D eigenvalue weighted by molar-refractivity contribution is 0.465. The first-order chi connectivity index (χ1) is 12.2. The molecule has 6 nitrogen and oxygen atoms in total. The van der Waals surface area contributed by atoms with E-state index in [0.717, 1.165) is 10.9 Å². The van der Waals surface area contributed by atoms with Crippen LogP contribution in [-0.4, -0.2) is 18.1 Å². The molecule has 0 spiro atoms. The van der Waals surface area contributed by atoms with Crippen LogP contribution in [0.15, 0.2) is 69.7 Å². The highest BCUT2D eigenvalue weighted by Crippen LogP contribution is 2.31. The van der Waals surface area contributed by atoms with E-state index in [2.05, 4.69) is 10.2 Å². The summed E-state index contributed by atoms with van der Waals surface area (Å²) in [5, 5.41) is 19.7. The summed E-state index contributed by atoms with van der Waals surface area (Å²) in [5.41, 5.74) is 2.04. The van der Waals surface area contributed by atoms with Gasteiger partial charge in [0, 0.05) is 0 Å². The second-order valence-corrected chi connectivity index (χ2v) is 7.69. The molecule has 0 saturated carbocycles. The maximum absolute atomic E-state index is 11.2. The summed E-state index contributed by atoms with van der Waals surface area (Å²) >= 11 is 0. The van der Waals surface area contributed by atoms with Gasteiger partial charge >= 0.3 is 0 Å². The molecular formula is C19H18N2O4S. The second-order valence-electron chi connectivity index (χ2n) is 6.27. The van der Waals surface area contributed by atoms with Gasteiger partial charge in [0.25, 0.3) is 10.1 Å². The molecule has 26 heavy (non-hydrogen) atoms. The van der Waals surface area contributed by atoms with Crippen molar-refractivity contribution in [2.45, 2.75) is 24.7 Å². The molecular weight excluding hydrogens is 352 g/mol. The standard InChI is InChI=1S/C19H18N2O4S/c1-12(2)18-11-16(6-8-19(18)22)21-20-15-5-3-14-10-17(26(23,24)25)7-4-13(14)9-15/h3-12,22H,1-2H3,(H,23,24,25). The average Bonchev–Trinajstić information content (AvgIpc) is 2.59. The van der Waals surface area contributed by atoms with Crippen LogP contribution in [0.2, 0.25) is 0 Å². The molecule has 0 aromatic heterocycles. The van der Waals surface area contributed by atoms with Gasteiger partial charge < -0.3 is 5.11 Å². The molecule has 0 aliphatic carbocycles. The average molecular weight is 370 g/mol. The minimum absolute atomic E-state index is 0.148. The Morgan fingerprint density at radius 2 is 1.42 bits per heavy atom. The van der Waals surface area contributed by atoms with Gasteiger partial charge in [-0.1, -0.05) is 26.0 Å². The van der Waals surface area contributed by atoms with Gasteiger partial charge in [-0.25, -0.2) is 0 Å². The van der Waals surface area contributed by atoms with Gasteiger partial charge in [-0.3, -0.25) is 4.55 Å². The van der Waals surface area contributed by atoms with E-state index >= 15 is 0 Å². The van der Waals surface area contributed by atoms with E-state index in [-0.39, 0.29) is 16.6 Å². The molecule has 3 aromatic rings. The summed E-state index contributed by atoms with van der Waals surface area (Å²) in [7, 11) is -4.23. The van der Waals surface area contributed by atoms with Crippen LogP contribution in [0.25, 0.3) is 10.8 Å². The Balaban J connectivity index is 1.92. The Morgan fingerprint density at radius 1 is 0.846 bits per heavy atom. The van der Waals surface area contributed by atoms with E-state index in [9.17, 15) is 13.5 Å². The molecule has 134 valence electrons. The Kier molecular flexibility index (Phi) is 4.76. The van der Waals surface area contributed by atoms with Crippen LogP contribution in [0.5, 0.6) is 5.75 Å². The number of nitrogens with zero attached hydrogens (tertiary/aromatic N) is 2. The highest BCUT2D eigenvalue weighted by Gasteiger charge is 2.10. The summed E-state index contributed by atoms with van der Waals surface area (Å²) in [6.07, 6.45) is 0. The maximum Gasteiger partial charge on any atom is 0.294 e. The third-order valence-corrected chi connectivity index (χ3v) is 4.86. The van der Waals surface area contributed by atoms with Crippen molar-refractivity contribution in [1.82, 2.24) is 0 Å². The van der Waals surface area contributed by atoms with Gasteiger partial charge in [-0.15, -0.1) is 0 Å². The van der Waals surface area contributed by atoms with E-state index < -0.39 is 10.1 Å². The topological polar surface area (TPSA) is 99.3 Å². The van der Waals surface area contributed by atoms with Crippen LogP contribution in [0.4, 0.5) is 11.4 Å². The monoisotopic (exact) mass is 370 g/mol. The Labute approximate surface area is 151 Å². The number of phenolic OH excluding ortho intramolecular Hbond substituents is 1. The molecule has 0 atom stereocenters. The van der Waals surface area contributed by atoms with E-state index in [1.165, 1.54) is 12.1 Å². The quantitative estimate of drug-likeness (QED) is 0.479. The van der Waals surface area contributed by atoms with Crippen LogP contribution in [0.3, 0.4) is 0 Å². The number of rotatable bonds is 4. The molecule has 0 aliphatic heterocycles. The smallest absolute Gasteiger partial charge is 0.294 e. The Bertz CT molecular complexity index is 1110. The number of phenols is 1. The minimum Gasteiger partial charge on any atom is -0.508 e. The van der Waals surface area contributed by atoms with Crippen LogP contribution in [-0.2, 0) is 10.1 Å². The van der Waals surface area contributed by atoms with Crippen LogP contribution in [0, 0.1) is 0 Å². The fourth-order valence-corrected chi connectivity index (χ4v) is 3.13. The zero-order valence-corrected chi connectivity index (χ0v) is 15.1. The summed E-state index contributed by atoms with van der Waals surface area (Å²) in [6.45, 7) is 3.97. The Hall–Kier alpha value is -2.77. The molecule has 0 heterocycles. The van der Waals surface area contributed by atoms with E-state index in [0.29, 0.717) is 16.8 Å². The molecule has 0 fully saturated rings. The molecule has 0 aliphatic rings. The molecule has 0 saturated heterocycles. The first kappa shape index (κ1) is 18.0. The van der Waals surface area contributed by atoms with Crippen LogP contribution in [0.1, 0.15) is 25.3 Å². The summed E-state index contributed by atoms with van der Waals surface area (Å²) in [5.74, 6) is 0.405. The number of azo groups is 1.